The molecule has 0 fully saturated rings. The van der Waals surface area contributed by atoms with E-state index in [0.717, 1.165) is 12.0 Å². The van der Waals surface area contributed by atoms with Gasteiger partial charge in [0.1, 0.15) is 0 Å². The van der Waals surface area contributed by atoms with Gasteiger partial charge in [0.25, 0.3) is 0 Å². The van der Waals surface area contributed by atoms with Crippen LogP contribution in [0.25, 0.3) is 6.08 Å². The summed E-state index contributed by atoms with van der Waals surface area (Å²) < 4.78 is 0. The lowest BCUT2D eigenvalue weighted by Gasteiger charge is -1.94. The van der Waals surface area contributed by atoms with Crippen molar-refractivity contribution >= 4 is 12.0 Å². The van der Waals surface area contributed by atoms with Crippen LogP contribution in [0.3, 0.4) is 0 Å². The third-order valence-electron chi connectivity index (χ3n) is 2.15. The van der Waals surface area contributed by atoms with Gasteiger partial charge in [-0.25, -0.2) is 0 Å². The van der Waals surface area contributed by atoms with Gasteiger partial charge in [-0.05, 0) is 25.3 Å². The molecule has 0 aliphatic heterocycles. The second kappa shape index (κ2) is 6.02. The number of aliphatic carboxylic acids is 1. The number of unbranched alkanes of at least 4 members (excludes halogenated alkanes) is 1. The van der Waals surface area contributed by atoms with Crippen molar-refractivity contribution in [2.24, 2.45) is 0 Å². The molecule has 0 amide bonds. The van der Waals surface area contributed by atoms with E-state index in [1.165, 1.54) is 5.56 Å². The van der Waals surface area contributed by atoms with Crippen LogP contribution in [0.4, 0.5) is 0 Å². The molecule has 1 N–H and O–H groups in total. The molecular formula is C13H16O2. The van der Waals surface area contributed by atoms with Crippen LogP contribution in [0.2, 0.25) is 0 Å². The van der Waals surface area contributed by atoms with Crippen molar-refractivity contribution in [2.75, 3.05) is 0 Å². The molecule has 1 aromatic carbocycles. The van der Waals surface area contributed by atoms with E-state index in [4.69, 9.17) is 5.11 Å². The first kappa shape index (κ1) is 11.5. The predicted molar refractivity (Wildman–Crippen MR) is 61.7 cm³/mol. The van der Waals surface area contributed by atoms with E-state index in [0.29, 0.717) is 6.42 Å². The van der Waals surface area contributed by atoms with Crippen molar-refractivity contribution in [1.82, 2.24) is 0 Å². The van der Waals surface area contributed by atoms with E-state index in [9.17, 15) is 4.79 Å². The summed E-state index contributed by atoms with van der Waals surface area (Å²) in [6.45, 7) is 2.06. The molecule has 1 aromatic rings. The number of hydrogen-bond donors (Lipinski definition) is 1. The largest absolute Gasteiger partial charge is 0.481 e. The van der Waals surface area contributed by atoms with Gasteiger partial charge in [0.05, 0.1) is 0 Å². The Bertz CT molecular complexity index is 336. The van der Waals surface area contributed by atoms with Crippen molar-refractivity contribution in [2.45, 2.75) is 26.2 Å². The lowest BCUT2D eigenvalue weighted by molar-refractivity contribution is -0.137. The van der Waals surface area contributed by atoms with Gasteiger partial charge in [-0.15, -0.1) is 0 Å². The minimum Gasteiger partial charge on any atom is -0.481 e. The number of rotatable bonds is 5. The Morgan fingerprint density at radius 2 is 2.00 bits per heavy atom. The van der Waals surface area contributed by atoms with Crippen LogP contribution in [-0.2, 0) is 4.79 Å². The average Bonchev–Trinajstić information content (AvgIpc) is 2.20. The second-order valence-corrected chi connectivity index (χ2v) is 3.60. The number of hydrogen-bond acceptors (Lipinski definition) is 1. The first-order valence-electron chi connectivity index (χ1n) is 5.13. The van der Waals surface area contributed by atoms with E-state index in [2.05, 4.69) is 31.2 Å². The third kappa shape index (κ3) is 5.01. The van der Waals surface area contributed by atoms with Crippen LogP contribution < -0.4 is 0 Å². The van der Waals surface area contributed by atoms with E-state index in [1.54, 1.807) is 0 Å². The molecule has 0 saturated carbocycles. The van der Waals surface area contributed by atoms with E-state index in [-0.39, 0.29) is 6.42 Å². The first-order chi connectivity index (χ1) is 7.18. The summed E-state index contributed by atoms with van der Waals surface area (Å²) in [4.78, 5) is 10.2. The fourth-order valence-corrected chi connectivity index (χ4v) is 1.27. The normalized spacial score (nSPS) is 10.7. The molecule has 0 unspecified atom stereocenters. The Kier molecular flexibility index (Phi) is 4.61. The van der Waals surface area contributed by atoms with Crippen LogP contribution in [-0.4, -0.2) is 11.1 Å². The molecule has 0 radical (unpaired) electrons. The highest BCUT2D eigenvalue weighted by atomic mass is 16.4. The van der Waals surface area contributed by atoms with Crippen LogP contribution in [0.15, 0.2) is 30.3 Å². The molecule has 2 heteroatoms. The van der Waals surface area contributed by atoms with Gasteiger partial charge in [-0.1, -0.05) is 42.0 Å². The molecule has 0 aliphatic rings. The summed E-state index contributed by atoms with van der Waals surface area (Å²) in [5.74, 6) is -0.723. The minimum absolute atomic E-state index is 0.248. The van der Waals surface area contributed by atoms with E-state index in [1.807, 2.05) is 12.2 Å². The molecule has 0 heterocycles. The maximum atomic E-state index is 10.2. The lowest BCUT2D eigenvalue weighted by atomic mass is 10.1. The molecule has 2 nitrogen and oxygen atoms in total. The van der Waals surface area contributed by atoms with Crippen molar-refractivity contribution in [3.63, 3.8) is 0 Å². The maximum absolute atomic E-state index is 10.2. The monoisotopic (exact) mass is 204 g/mol. The lowest BCUT2D eigenvalue weighted by Crippen LogP contribution is -1.92. The van der Waals surface area contributed by atoms with Crippen LogP contribution in [0.5, 0.6) is 0 Å². The summed E-state index contributed by atoms with van der Waals surface area (Å²) >= 11 is 0. The number of carbonyl (C=O) groups is 1. The first-order valence-corrected chi connectivity index (χ1v) is 5.13. The Morgan fingerprint density at radius 3 is 2.60 bits per heavy atom. The van der Waals surface area contributed by atoms with Gasteiger partial charge >= 0.3 is 5.97 Å². The van der Waals surface area contributed by atoms with Gasteiger partial charge in [-0.2, -0.15) is 0 Å². The third-order valence-corrected chi connectivity index (χ3v) is 2.15. The van der Waals surface area contributed by atoms with Crippen LogP contribution in [0, 0.1) is 6.92 Å². The fourth-order valence-electron chi connectivity index (χ4n) is 1.27. The predicted octanol–water partition coefficient (Wildman–Crippen LogP) is 3.26. The summed E-state index contributed by atoms with van der Waals surface area (Å²) in [5.41, 5.74) is 2.41. The molecular weight excluding hydrogens is 188 g/mol. The van der Waals surface area contributed by atoms with Crippen molar-refractivity contribution in [1.29, 1.82) is 0 Å². The number of carboxylic acids is 1. The maximum Gasteiger partial charge on any atom is 0.303 e. The molecule has 0 bridgehead atoms. The van der Waals surface area contributed by atoms with Gasteiger partial charge in [0.2, 0.25) is 0 Å². The Balaban J connectivity index is 2.32. The highest BCUT2D eigenvalue weighted by Crippen LogP contribution is 2.06. The van der Waals surface area contributed by atoms with Crippen molar-refractivity contribution in [3.05, 3.63) is 41.5 Å². The summed E-state index contributed by atoms with van der Waals surface area (Å²) in [7, 11) is 0. The van der Waals surface area contributed by atoms with Gasteiger partial charge in [-0.3, -0.25) is 4.79 Å². The van der Waals surface area contributed by atoms with Gasteiger partial charge < -0.3 is 5.11 Å². The molecule has 0 atom stereocenters. The molecule has 0 spiro atoms. The molecule has 0 aromatic heterocycles. The number of benzene rings is 1. The Labute approximate surface area is 90.3 Å². The van der Waals surface area contributed by atoms with Crippen molar-refractivity contribution in [3.8, 4) is 0 Å². The highest BCUT2D eigenvalue weighted by Gasteiger charge is 1.93. The van der Waals surface area contributed by atoms with Gasteiger partial charge in [0, 0.05) is 6.42 Å². The van der Waals surface area contributed by atoms with Gasteiger partial charge in [0.15, 0.2) is 0 Å². The summed E-state index contributed by atoms with van der Waals surface area (Å²) in [6.07, 6.45) is 5.82. The molecule has 0 saturated heterocycles. The number of aryl methyl sites for hydroxylation is 1. The highest BCUT2D eigenvalue weighted by molar-refractivity contribution is 5.66. The SMILES string of the molecule is Cc1ccc(/C=C/CCCC(=O)O)cc1. The number of carboxylic acid groups (broad SMARTS) is 1. The van der Waals surface area contributed by atoms with Crippen molar-refractivity contribution < 1.29 is 9.90 Å². The van der Waals surface area contributed by atoms with Crippen LogP contribution >= 0.6 is 0 Å². The molecule has 15 heavy (non-hydrogen) atoms. The topological polar surface area (TPSA) is 37.3 Å². The quantitative estimate of drug-likeness (QED) is 0.747. The average molecular weight is 204 g/mol. The Morgan fingerprint density at radius 1 is 1.33 bits per heavy atom. The summed E-state index contributed by atoms with van der Waals surface area (Å²) in [6, 6.07) is 8.25. The smallest absolute Gasteiger partial charge is 0.303 e. The zero-order chi connectivity index (χ0) is 11.1. The molecule has 80 valence electrons. The molecule has 1 rings (SSSR count). The number of allylic oxidation sites excluding steroid dienone is 1. The zero-order valence-corrected chi connectivity index (χ0v) is 8.94. The van der Waals surface area contributed by atoms with E-state index < -0.39 is 5.97 Å². The molecule has 0 aliphatic carbocycles. The van der Waals surface area contributed by atoms with Crippen LogP contribution in [0.1, 0.15) is 30.4 Å². The standard InChI is InChI=1S/C13H16O2/c1-11-7-9-12(10-8-11)5-3-2-4-6-13(14)15/h3,5,7-10H,2,4,6H2,1H3,(H,14,15)/b5-3+. The fraction of sp³-hybridized carbons (Fsp3) is 0.308. The minimum atomic E-state index is -0.723. The second-order valence-electron chi connectivity index (χ2n) is 3.60. The van der Waals surface area contributed by atoms with E-state index >= 15 is 0 Å². The zero-order valence-electron chi connectivity index (χ0n) is 8.94. The summed E-state index contributed by atoms with van der Waals surface area (Å²) in [5, 5.41) is 8.44. The Hall–Kier alpha value is -1.57.